The monoisotopic (exact) mass is 214 g/mol. The zero-order chi connectivity index (χ0) is 10.6. The summed E-state index contributed by atoms with van der Waals surface area (Å²) in [4.78, 5) is 25.7. The van der Waals surface area contributed by atoms with Crippen LogP contribution in [0.2, 0.25) is 0 Å². The zero-order valence-electron chi connectivity index (χ0n) is 7.56. The van der Waals surface area contributed by atoms with E-state index in [9.17, 15) is 9.59 Å². The van der Waals surface area contributed by atoms with E-state index in [1.165, 1.54) is 16.8 Å². The molecule has 0 radical (unpaired) electrons. The van der Waals surface area contributed by atoms with Gasteiger partial charge in [-0.1, -0.05) is 6.92 Å². The number of carboxylic acid groups (broad SMARTS) is 1. The van der Waals surface area contributed by atoms with Gasteiger partial charge in [0.2, 0.25) is 0 Å². The Morgan fingerprint density at radius 3 is 2.86 bits per heavy atom. The number of thiazole rings is 1. The first-order chi connectivity index (χ1) is 6.65. The van der Waals surface area contributed by atoms with Crippen LogP contribution in [0.3, 0.4) is 0 Å². The number of nitrogens with zero attached hydrogens (tertiary/aromatic N) is 1. The molecule has 1 atom stereocenters. The molecule has 0 saturated heterocycles. The lowest BCUT2D eigenvalue weighted by Gasteiger charge is -2.10. The van der Waals surface area contributed by atoms with Crippen LogP contribution < -0.4 is 5.32 Å². The van der Waals surface area contributed by atoms with Crippen LogP contribution >= 0.6 is 11.3 Å². The van der Waals surface area contributed by atoms with E-state index in [0.29, 0.717) is 6.42 Å². The van der Waals surface area contributed by atoms with E-state index in [1.54, 1.807) is 12.3 Å². The maximum Gasteiger partial charge on any atom is 0.326 e. The quantitative estimate of drug-likeness (QED) is 0.774. The molecular weight excluding hydrogens is 204 g/mol. The van der Waals surface area contributed by atoms with E-state index in [0.717, 1.165) is 0 Å². The molecule has 0 spiro atoms. The van der Waals surface area contributed by atoms with Gasteiger partial charge in [0.05, 0.1) is 5.51 Å². The smallest absolute Gasteiger partial charge is 0.326 e. The van der Waals surface area contributed by atoms with E-state index < -0.39 is 17.9 Å². The average molecular weight is 214 g/mol. The number of hydrogen-bond acceptors (Lipinski definition) is 4. The SMILES string of the molecule is CC[C@@H](NC(=O)c1cscn1)C(=O)O. The van der Waals surface area contributed by atoms with Crippen molar-refractivity contribution in [2.75, 3.05) is 0 Å². The molecule has 6 heteroatoms. The van der Waals surface area contributed by atoms with Gasteiger partial charge >= 0.3 is 5.97 Å². The Balaban J connectivity index is 2.60. The van der Waals surface area contributed by atoms with Crippen molar-refractivity contribution in [3.05, 3.63) is 16.6 Å². The number of carbonyl (C=O) groups is 2. The Kier molecular flexibility index (Phi) is 3.58. The minimum Gasteiger partial charge on any atom is -0.480 e. The van der Waals surface area contributed by atoms with Gasteiger partial charge in [0.25, 0.3) is 5.91 Å². The standard InChI is InChI=1S/C8H10N2O3S/c1-2-5(8(12)13)10-7(11)6-3-14-4-9-6/h3-5H,2H2,1H3,(H,10,11)(H,12,13)/t5-/m1/s1. The number of amides is 1. The number of hydrogen-bond donors (Lipinski definition) is 2. The van der Waals surface area contributed by atoms with Gasteiger partial charge in [-0.15, -0.1) is 11.3 Å². The van der Waals surface area contributed by atoms with Crippen molar-refractivity contribution < 1.29 is 14.7 Å². The predicted molar refractivity (Wildman–Crippen MR) is 51.3 cm³/mol. The summed E-state index contributed by atoms with van der Waals surface area (Å²) in [6.45, 7) is 1.69. The average Bonchev–Trinajstić information content (AvgIpc) is 2.65. The third kappa shape index (κ3) is 2.53. The van der Waals surface area contributed by atoms with Crippen LogP contribution in [0.25, 0.3) is 0 Å². The van der Waals surface area contributed by atoms with Crippen molar-refractivity contribution in [1.29, 1.82) is 0 Å². The minimum absolute atomic E-state index is 0.259. The fraction of sp³-hybridized carbons (Fsp3) is 0.375. The van der Waals surface area contributed by atoms with E-state index in [4.69, 9.17) is 5.11 Å². The van der Waals surface area contributed by atoms with E-state index in [2.05, 4.69) is 10.3 Å². The van der Waals surface area contributed by atoms with Gasteiger partial charge in [0.1, 0.15) is 11.7 Å². The zero-order valence-corrected chi connectivity index (χ0v) is 8.37. The van der Waals surface area contributed by atoms with Crippen LogP contribution in [0, 0.1) is 0 Å². The molecule has 1 rings (SSSR count). The third-order valence-corrected chi connectivity index (χ3v) is 2.26. The number of rotatable bonds is 4. The summed E-state index contributed by atoms with van der Waals surface area (Å²) in [5.74, 6) is -1.48. The molecular formula is C8H10N2O3S. The van der Waals surface area contributed by atoms with Crippen molar-refractivity contribution in [3.8, 4) is 0 Å². The van der Waals surface area contributed by atoms with Gasteiger partial charge < -0.3 is 10.4 Å². The molecule has 1 aromatic rings. The molecule has 14 heavy (non-hydrogen) atoms. The third-order valence-electron chi connectivity index (χ3n) is 1.68. The van der Waals surface area contributed by atoms with E-state index in [-0.39, 0.29) is 5.69 Å². The van der Waals surface area contributed by atoms with E-state index in [1.807, 2.05) is 0 Å². The number of carboxylic acids is 1. The Bertz CT molecular complexity index is 323. The molecule has 0 aliphatic carbocycles. The molecule has 5 nitrogen and oxygen atoms in total. The van der Waals surface area contributed by atoms with Gasteiger partial charge in [-0.25, -0.2) is 9.78 Å². The molecule has 0 bridgehead atoms. The van der Waals surface area contributed by atoms with Gasteiger partial charge in [0, 0.05) is 5.38 Å². The highest BCUT2D eigenvalue weighted by Crippen LogP contribution is 2.01. The van der Waals surface area contributed by atoms with Gasteiger partial charge in [-0.3, -0.25) is 4.79 Å². The predicted octanol–water partition coefficient (Wildman–Crippen LogP) is 0.736. The molecule has 0 saturated carbocycles. The fourth-order valence-electron chi connectivity index (χ4n) is 0.895. The second-order valence-electron chi connectivity index (χ2n) is 2.65. The molecule has 76 valence electrons. The minimum atomic E-state index is -1.03. The summed E-state index contributed by atoms with van der Waals surface area (Å²) in [5, 5.41) is 12.6. The van der Waals surface area contributed by atoms with Crippen molar-refractivity contribution in [2.45, 2.75) is 19.4 Å². The molecule has 0 aliphatic heterocycles. The van der Waals surface area contributed by atoms with Crippen LogP contribution in [-0.4, -0.2) is 28.0 Å². The highest BCUT2D eigenvalue weighted by atomic mass is 32.1. The summed E-state index contributed by atoms with van der Waals surface area (Å²) >= 11 is 1.29. The van der Waals surface area contributed by atoms with Gasteiger partial charge in [0.15, 0.2) is 0 Å². The molecule has 2 N–H and O–H groups in total. The molecule has 1 heterocycles. The molecule has 0 aromatic carbocycles. The lowest BCUT2D eigenvalue weighted by atomic mass is 10.2. The molecule has 1 amide bonds. The van der Waals surface area contributed by atoms with Crippen molar-refractivity contribution in [2.24, 2.45) is 0 Å². The van der Waals surface area contributed by atoms with Crippen LogP contribution in [0.5, 0.6) is 0 Å². The first-order valence-corrected chi connectivity index (χ1v) is 5.01. The first-order valence-electron chi connectivity index (χ1n) is 4.07. The molecule has 0 fully saturated rings. The van der Waals surface area contributed by atoms with Crippen molar-refractivity contribution in [3.63, 3.8) is 0 Å². The summed E-state index contributed by atoms with van der Waals surface area (Å²) < 4.78 is 0. The maximum atomic E-state index is 11.3. The van der Waals surface area contributed by atoms with Crippen molar-refractivity contribution >= 4 is 23.2 Å². The number of aliphatic carboxylic acids is 1. The van der Waals surface area contributed by atoms with Crippen LogP contribution in [0.15, 0.2) is 10.9 Å². The largest absolute Gasteiger partial charge is 0.480 e. The highest BCUT2D eigenvalue weighted by molar-refractivity contribution is 7.07. The Hall–Kier alpha value is -1.43. The Labute approximate surface area is 84.8 Å². The van der Waals surface area contributed by atoms with Crippen LogP contribution in [-0.2, 0) is 4.79 Å². The number of nitrogens with one attached hydrogen (secondary N) is 1. The number of aromatic nitrogens is 1. The maximum absolute atomic E-state index is 11.3. The summed E-state index contributed by atoms with van der Waals surface area (Å²) in [7, 11) is 0. The Morgan fingerprint density at radius 2 is 2.43 bits per heavy atom. The van der Waals surface area contributed by atoms with Gasteiger partial charge in [-0.2, -0.15) is 0 Å². The lowest BCUT2D eigenvalue weighted by molar-refractivity contribution is -0.139. The fourth-order valence-corrected chi connectivity index (χ4v) is 1.43. The second-order valence-corrected chi connectivity index (χ2v) is 3.36. The normalized spacial score (nSPS) is 12.1. The van der Waals surface area contributed by atoms with Crippen LogP contribution in [0.1, 0.15) is 23.8 Å². The summed E-state index contributed by atoms with van der Waals surface area (Å²) in [6, 6.07) is -0.843. The second kappa shape index (κ2) is 4.71. The van der Waals surface area contributed by atoms with E-state index >= 15 is 0 Å². The molecule has 0 aliphatic rings. The summed E-state index contributed by atoms with van der Waals surface area (Å²) in [5.41, 5.74) is 1.78. The van der Waals surface area contributed by atoms with Gasteiger partial charge in [-0.05, 0) is 6.42 Å². The Morgan fingerprint density at radius 1 is 1.71 bits per heavy atom. The lowest BCUT2D eigenvalue weighted by Crippen LogP contribution is -2.40. The highest BCUT2D eigenvalue weighted by Gasteiger charge is 2.18. The number of carbonyl (C=O) groups excluding carboxylic acids is 1. The van der Waals surface area contributed by atoms with Crippen molar-refractivity contribution in [1.82, 2.24) is 10.3 Å². The first kappa shape index (κ1) is 10.6. The molecule has 0 unspecified atom stereocenters. The summed E-state index contributed by atoms with van der Waals surface area (Å²) in [6.07, 6.45) is 0.352. The molecule has 1 aromatic heterocycles. The van der Waals surface area contributed by atoms with Crippen LogP contribution in [0.4, 0.5) is 0 Å². The topological polar surface area (TPSA) is 79.3 Å².